The van der Waals surface area contributed by atoms with Crippen LogP contribution in [0.5, 0.6) is 0 Å². The summed E-state index contributed by atoms with van der Waals surface area (Å²) >= 11 is 0. The summed E-state index contributed by atoms with van der Waals surface area (Å²) in [6, 6.07) is 72.4. The summed E-state index contributed by atoms with van der Waals surface area (Å²) in [5, 5.41) is 4.55. The molecule has 9 aromatic carbocycles. The standard InChI is InChI=1S/C55H39NO/c1-55(2)48-25-13-11-23-44(48)45-33-32-41(35-49(45)55)56(50-26-14-12-21-42(50)38-18-7-4-8-19-38)51-27-15-24-46-47-34-40-20-9-10-22-43(40)52(54(47)57-53(46)51)39-30-28-37(29-31-39)36-16-5-3-6-17-36/h3-35H,1-2H3. The van der Waals surface area contributed by atoms with Crippen LogP contribution in [0.25, 0.3) is 77.2 Å². The fraction of sp³-hybridized carbons (Fsp3) is 0.0545. The van der Waals surface area contributed by atoms with Crippen LogP contribution in [-0.2, 0) is 5.41 Å². The molecule has 0 fully saturated rings. The van der Waals surface area contributed by atoms with Crippen LogP contribution in [0.2, 0.25) is 0 Å². The Morgan fingerprint density at radius 2 is 0.982 bits per heavy atom. The average molecular weight is 730 g/mol. The summed E-state index contributed by atoms with van der Waals surface area (Å²) in [6.07, 6.45) is 0. The van der Waals surface area contributed by atoms with E-state index < -0.39 is 0 Å². The van der Waals surface area contributed by atoms with E-state index in [-0.39, 0.29) is 5.41 Å². The molecular formula is C55H39NO. The number of anilines is 3. The van der Waals surface area contributed by atoms with E-state index in [0.29, 0.717) is 0 Å². The number of fused-ring (bicyclic) bond motifs is 7. The predicted molar refractivity (Wildman–Crippen MR) is 240 cm³/mol. The molecular weight excluding hydrogens is 691 g/mol. The van der Waals surface area contributed by atoms with Gasteiger partial charge in [-0.1, -0.05) is 184 Å². The first-order chi connectivity index (χ1) is 28.0. The van der Waals surface area contributed by atoms with Gasteiger partial charge in [0.05, 0.1) is 11.4 Å². The first-order valence-electron chi connectivity index (χ1n) is 19.8. The van der Waals surface area contributed by atoms with Gasteiger partial charge in [0, 0.05) is 33.0 Å². The van der Waals surface area contributed by atoms with Crippen LogP contribution in [-0.4, -0.2) is 0 Å². The van der Waals surface area contributed by atoms with Gasteiger partial charge in [-0.25, -0.2) is 0 Å². The van der Waals surface area contributed by atoms with E-state index in [9.17, 15) is 0 Å². The molecule has 0 amide bonds. The number of rotatable bonds is 6. The van der Waals surface area contributed by atoms with Crippen molar-refractivity contribution in [1.29, 1.82) is 0 Å². The second-order valence-electron chi connectivity index (χ2n) is 15.7. The van der Waals surface area contributed by atoms with Gasteiger partial charge in [-0.3, -0.25) is 0 Å². The van der Waals surface area contributed by atoms with Crippen LogP contribution in [0, 0.1) is 0 Å². The van der Waals surface area contributed by atoms with E-state index in [4.69, 9.17) is 4.42 Å². The third kappa shape index (κ3) is 5.25. The van der Waals surface area contributed by atoms with Gasteiger partial charge in [-0.2, -0.15) is 0 Å². The molecule has 0 radical (unpaired) electrons. The fourth-order valence-corrected chi connectivity index (χ4v) is 9.27. The Morgan fingerprint density at radius 3 is 1.79 bits per heavy atom. The highest BCUT2D eigenvalue weighted by Crippen LogP contribution is 2.52. The van der Waals surface area contributed by atoms with Crippen molar-refractivity contribution >= 4 is 49.8 Å². The summed E-state index contributed by atoms with van der Waals surface area (Å²) < 4.78 is 7.30. The molecule has 1 aliphatic rings. The van der Waals surface area contributed by atoms with Crippen molar-refractivity contribution in [1.82, 2.24) is 0 Å². The summed E-state index contributed by atoms with van der Waals surface area (Å²) in [5.74, 6) is 0. The van der Waals surface area contributed by atoms with Crippen molar-refractivity contribution in [2.75, 3.05) is 4.90 Å². The number of benzene rings is 9. The molecule has 57 heavy (non-hydrogen) atoms. The van der Waals surface area contributed by atoms with Crippen LogP contribution < -0.4 is 4.90 Å². The number of hydrogen-bond donors (Lipinski definition) is 0. The largest absolute Gasteiger partial charge is 0.453 e. The van der Waals surface area contributed by atoms with Crippen LogP contribution in [0.15, 0.2) is 205 Å². The minimum Gasteiger partial charge on any atom is -0.453 e. The van der Waals surface area contributed by atoms with Gasteiger partial charge in [0.1, 0.15) is 5.58 Å². The fourth-order valence-electron chi connectivity index (χ4n) is 9.27. The molecule has 2 heteroatoms. The Bertz CT molecular complexity index is 3140. The zero-order valence-electron chi connectivity index (χ0n) is 31.9. The lowest BCUT2D eigenvalue weighted by Crippen LogP contribution is -2.17. The highest BCUT2D eigenvalue weighted by atomic mass is 16.3. The van der Waals surface area contributed by atoms with E-state index in [1.807, 2.05) is 0 Å². The summed E-state index contributed by atoms with van der Waals surface area (Å²) in [4.78, 5) is 2.42. The van der Waals surface area contributed by atoms with Gasteiger partial charge < -0.3 is 9.32 Å². The topological polar surface area (TPSA) is 16.4 Å². The Labute approximate surface area is 332 Å². The lowest BCUT2D eigenvalue weighted by atomic mass is 9.82. The van der Waals surface area contributed by atoms with Crippen LogP contribution >= 0.6 is 0 Å². The second kappa shape index (κ2) is 13.0. The number of furan rings is 1. The molecule has 10 aromatic rings. The maximum Gasteiger partial charge on any atom is 0.159 e. The van der Waals surface area contributed by atoms with E-state index in [2.05, 4.69) is 219 Å². The molecule has 0 saturated carbocycles. The molecule has 0 spiro atoms. The van der Waals surface area contributed by atoms with Gasteiger partial charge in [0.25, 0.3) is 0 Å². The van der Waals surface area contributed by atoms with E-state index in [0.717, 1.165) is 61.3 Å². The molecule has 0 aliphatic heterocycles. The highest BCUT2D eigenvalue weighted by molar-refractivity contribution is 6.20. The van der Waals surface area contributed by atoms with Gasteiger partial charge in [-0.05, 0) is 85.6 Å². The second-order valence-corrected chi connectivity index (χ2v) is 15.7. The lowest BCUT2D eigenvalue weighted by Gasteiger charge is -2.29. The molecule has 0 atom stereocenters. The first-order valence-corrected chi connectivity index (χ1v) is 19.8. The SMILES string of the molecule is CC1(C)c2ccccc2-c2ccc(N(c3ccccc3-c3ccccc3)c3cccc4c3oc3c(-c5ccc(-c6ccccc6)cc5)c5ccccc5cc34)cc21. The van der Waals surface area contributed by atoms with Crippen molar-refractivity contribution in [2.45, 2.75) is 19.3 Å². The molecule has 0 unspecified atom stereocenters. The quantitative estimate of drug-likeness (QED) is 0.169. The van der Waals surface area contributed by atoms with Crippen LogP contribution in [0.3, 0.4) is 0 Å². The lowest BCUT2D eigenvalue weighted by molar-refractivity contribution is 0.660. The monoisotopic (exact) mass is 729 g/mol. The Morgan fingerprint density at radius 1 is 0.386 bits per heavy atom. The molecule has 11 rings (SSSR count). The Hall–Kier alpha value is -7.16. The molecule has 270 valence electrons. The molecule has 1 aliphatic carbocycles. The summed E-state index contributed by atoms with van der Waals surface area (Å²) in [5.41, 5.74) is 17.0. The molecule has 0 bridgehead atoms. The number of hydrogen-bond acceptors (Lipinski definition) is 2. The van der Waals surface area contributed by atoms with E-state index in [1.165, 1.54) is 44.2 Å². The zero-order valence-corrected chi connectivity index (χ0v) is 31.9. The van der Waals surface area contributed by atoms with Crippen LogP contribution in [0.4, 0.5) is 17.1 Å². The maximum atomic E-state index is 7.30. The van der Waals surface area contributed by atoms with Crippen LogP contribution in [0.1, 0.15) is 25.0 Å². The summed E-state index contributed by atoms with van der Waals surface area (Å²) in [6.45, 7) is 4.70. The average Bonchev–Trinajstić information content (AvgIpc) is 3.75. The Kier molecular flexibility index (Phi) is 7.55. The first kappa shape index (κ1) is 33.2. The molecule has 1 aromatic heterocycles. The molecule has 0 saturated heterocycles. The van der Waals surface area contributed by atoms with Crippen molar-refractivity contribution in [3.05, 3.63) is 211 Å². The molecule has 2 nitrogen and oxygen atoms in total. The van der Waals surface area contributed by atoms with E-state index >= 15 is 0 Å². The van der Waals surface area contributed by atoms with Gasteiger partial charge in [0.2, 0.25) is 0 Å². The highest BCUT2D eigenvalue weighted by Gasteiger charge is 2.36. The predicted octanol–water partition coefficient (Wildman–Crippen LogP) is 15.5. The van der Waals surface area contributed by atoms with Crippen molar-refractivity contribution in [3.63, 3.8) is 0 Å². The zero-order chi connectivity index (χ0) is 38.1. The van der Waals surface area contributed by atoms with E-state index in [1.54, 1.807) is 0 Å². The van der Waals surface area contributed by atoms with Gasteiger partial charge in [-0.15, -0.1) is 0 Å². The number of nitrogens with zero attached hydrogens (tertiary/aromatic N) is 1. The third-order valence-corrected chi connectivity index (χ3v) is 12.1. The van der Waals surface area contributed by atoms with Crippen molar-refractivity contribution in [2.24, 2.45) is 0 Å². The Balaban J connectivity index is 1.17. The molecule has 1 heterocycles. The molecule has 0 N–H and O–H groups in total. The van der Waals surface area contributed by atoms with Crippen molar-refractivity contribution in [3.8, 4) is 44.5 Å². The summed E-state index contributed by atoms with van der Waals surface area (Å²) in [7, 11) is 0. The number of para-hydroxylation sites is 2. The third-order valence-electron chi connectivity index (χ3n) is 12.1. The van der Waals surface area contributed by atoms with Crippen molar-refractivity contribution < 1.29 is 4.42 Å². The van der Waals surface area contributed by atoms with Gasteiger partial charge >= 0.3 is 0 Å². The minimum absolute atomic E-state index is 0.150. The smallest absolute Gasteiger partial charge is 0.159 e. The maximum absolute atomic E-state index is 7.30. The minimum atomic E-state index is -0.150. The van der Waals surface area contributed by atoms with Gasteiger partial charge in [0.15, 0.2) is 5.58 Å². The normalized spacial score (nSPS) is 12.9.